The van der Waals surface area contributed by atoms with Crippen molar-refractivity contribution in [1.29, 1.82) is 0 Å². The predicted octanol–water partition coefficient (Wildman–Crippen LogP) is 7.52. The average molecular weight is 798 g/mol. The van der Waals surface area contributed by atoms with Crippen LogP contribution in [0.25, 0.3) is 0 Å². The van der Waals surface area contributed by atoms with E-state index < -0.39 is 66.8 Å². The molecule has 0 spiro atoms. The molecule has 0 radical (unpaired) electrons. The summed E-state index contributed by atoms with van der Waals surface area (Å²) in [4.78, 5) is 53.9. The smallest absolute Gasteiger partial charge is 0.303 e. The number of carboxylic acid groups (broad SMARTS) is 1. The van der Waals surface area contributed by atoms with E-state index in [1.54, 1.807) is 0 Å². The molecule has 1 aliphatic rings. The van der Waals surface area contributed by atoms with Crippen molar-refractivity contribution in [2.45, 2.75) is 231 Å². The van der Waals surface area contributed by atoms with E-state index in [2.05, 4.69) is 19.2 Å². The average Bonchev–Trinajstić information content (AvgIpc) is 3.15. The van der Waals surface area contributed by atoms with E-state index in [0.29, 0.717) is 12.8 Å². The molecule has 12 heteroatoms. The van der Waals surface area contributed by atoms with Gasteiger partial charge >= 0.3 is 5.97 Å². The quantitative estimate of drug-likeness (QED) is 0.0275. The first-order valence-corrected chi connectivity index (χ1v) is 22.6. The SMILES string of the molecule is CCCCCCCCCCCCCCN(C(=O)CCCCCCCCCCCCC)[C@]1(N)O[C@H](CO)[C@@H](O)[C@H](O)[C@H]1C(=O)[C@H](CC(C)C)NC(=O)CCC(=O)O. The van der Waals surface area contributed by atoms with Crippen LogP contribution < -0.4 is 11.1 Å². The fourth-order valence-electron chi connectivity index (χ4n) is 7.90. The number of Topliss-reactive ketones (excluding diaryl/α,β-unsaturated/α-hetero) is 1. The van der Waals surface area contributed by atoms with Crippen molar-refractivity contribution in [3.05, 3.63) is 0 Å². The second-order valence-corrected chi connectivity index (χ2v) is 16.8. The van der Waals surface area contributed by atoms with Crippen molar-refractivity contribution in [2.75, 3.05) is 13.2 Å². The first kappa shape index (κ1) is 51.9. The Bertz CT molecular complexity index is 1080. The molecule has 1 fully saturated rings. The Morgan fingerprint density at radius 2 is 1.12 bits per heavy atom. The molecule has 12 nitrogen and oxygen atoms in total. The van der Waals surface area contributed by atoms with Crippen LogP contribution in [0.4, 0.5) is 0 Å². The number of nitrogens with two attached hydrogens (primary N) is 1. The summed E-state index contributed by atoms with van der Waals surface area (Å²) in [6, 6.07) is -1.20. The first-order chi connectivity index (χ1) is 26.8. The van der Waals surface area contributed by atoms with E-state index >= 15 is 0 Å². The minimum atomic E-state index is -2.23. The number of ketones is 1. The summed E-state index contributed by atoms with van der Waals surface area (Å²) in [6.45, 7) is 7.58. The number of carbonyl (C=O) groups is 4. The van der Waals surface area contributed by atoms with Crippen LogP contribution in [-0.2, 0) is 23.9 Å². The Labute approximate surface area is 339 Å². The van der Waals surface area contributed by atoms with Gasteiger partial charge in [-0.2, -0.15) is 0 Å². The van der Waals surface area contributed by atoms with Crippen LogP contribution in [-0.4, -0.2) is 92.2 Å². The van der Waals surface area contributed by atoms with Crippen LogP contribution in [0.5, 0.6) is 0 Å². The van der Waals surface area contributed by atoms with Gasteiger partial charge in [-0.05, 0) is 25.2 Å². The van der Waals surface area contributed by atoms with Gasteiger partial charge < -0.3 is 35.4 Å². The number of hydrogen-bond donors (Lipinski definition) is 6. The number of aliphatic hydroxyl groups is 3. The highest BCUT2D eigenvalue weighted by Gasteiger charge is 2.59. The zero-order valence-corrected chi connectivity index (χ0v) is 35.8. The lowest BCUT2D eigenvalue weighted by Crippen LogP contribution is -2.76. The fraction of sp³-hybridized carbons (Fsp3) is 0.909. The van der Waals surface area contributed by atoms with Gasteiger partial charge in [-0.3, -0.25) is 24.9 Å². The summed E-state index contributed by atoms with van der Waals surface area (Å²) < 4.78 is 6.14. The number of carboxylic acids is 1. The highest BCUT2D eigenvalue weighted by Crippen LogP contribution is 2.37. The maximum atomic E-state index is 14.5. The standard InChI is InChI=1S/C44H83N3O9/c1-5-7-9-11-13-15-17-19-21-23-25-27-31-47(38(50)28-26-24-22-20-18-16-14-12-10-8-6-2)44(45)40(43(55)42(54)36(33-48)56-44)41(53)35(32-34(3)4)46-37(49)29-30-39(51)52/h34-36,40,42-43,48,54-55H,5-33,45H2,1-4H3,(H,46,49)(H,51,52)/t35-,36+,40+,42+,43+,44-/m0/s1. The highest BCUT2D eigenvalue weighted by molar-refractivity contribution is 5.93. The third kappa shape index (κ3) is 20.5. The van der Waals surface area contributed by atoms with E-state index in [4.69, 9.17) is 15.6 Å². The zero-order chi connectivity index (χ0) is 41.8. The van der Waals surface area contributed by atoms with Crippen molar-refractivity contribution < 1.29 is 44.3 Å². The van der Waals surface area contributed by atoms with Crippen molar-refractivity contribution in [3.8, 4) is 0 Å². The molecule has 0 aliphatic carbocycles. The summed E-state index contributed by atoms with van der Waals surface area (Å²) in [6.07, 6.45) is 20.4. The largest absolute Gasteiger partial charge is 0.481 e. The molecule has 0 aromatic heterocycles. The first-order valence-electron chi connectivity index (χ1n) is 22.6. The van der Waals surface area contributed by atoms with Gasteiger partial charge in [0.1, 0.15) is 18.1 Å². The van der Waals surface area contributed by atoms with Gasteiger partial charge in [0.2, 0.25) is 17.7 Å². The molecule has 0 aromatic carbocycles. The summed E-state index contributed by atoms with van der Waals surface area (Å²) in [5.41, 5.74) is 7.02. The van der Waals surface area contributed by atoms with Crippen LogP contribution in [0.2, 0.25) is 0 Å². The Morgan fingerprint density at radius 1 is 0.679 bits per heavy atom. The van der Waals surface area contributed by atoms with E-state index in [0.717, 1.165) is 44.9 Å². The number of aliphatic carboxylic acids is 1. The van der Waals surface area contributed by atoms with Gasteiger partial charge in [0.15, 0.2) is 5.78 Å². The third-order valence-electron chi connectivity index (χ3n) is 11.2. The van der Waals surface area contributed by atoms with Gasteiger partial charge in [-0.15, -0.1) is 0 Å². The van der Waals surface area contributed by atoms with Crippen molar-refractivity contribution in [1.82, 2.24) is 10.2 Å². The maximum Gasteiger partial charge on any atom is 0.303 e. The number of unbranched alkanes of at least 4 members (excludes halogenated alkanes) is 21. The van der Waals surface area contributed by atoms with Gasteiger partial charge in [-0.25, -0.2) is 0 Å². The molecule has 1 rings (SSSR count). The Hall–Kier alpha value is -2.12. The summed E-state index contributed by atoms with van der Waals surface area (Å²) in [5.74, 6) is -6.88. The van der Waals surface area contributed by atoms with Crippen molar-refractivity contribution in [2.24, 2.45) is 17.6 Å². The lowest BCUT2D eigenvalue weighted by molar-refractivity contribution is -0.292. The molecule has 6 atom stereocenters. The second-order valence-electron chi connectivity index (χ2n) is 16.8. The van der Waals surface area contributed by atoms with Crippen molar-refractivity contribution in [3.63, 3.8) is 0 Å². The zero-order valence-electron chi connectivity index (χ0n) is 35.8. The van der Waals surface area contributed by atoms with Crippen LogP contribution in [0.1, 0.15) is 201 Å². The lowest BCUT2D eigenvalue weighted by Gasteiger charge is -2.53. The molecule has 0 unspecified atom stereocenters. The van der Waals surface area contributed by atoms with E-state index in [9.17, 15) is 34.5 Å². The lowest BCUT2D eigenvalue weighted by atomic mass is 9.79. The Kier molecular flexibility index (Phi) is 28.6. The van der Waals surface area contributed by atoms with Crippen LogP contribution in [0, 0.1) is 11.8 Å². The Balaban J connectivity index is 3.16. The number of hydrogen-bond acceptors (Lipinski definition) is 9. The van der Waals surface area contributed by atoms with Gasteiger partial charge in [0.05, 0.1) is 25.2 Å². The molecule has 2 amide bonds. The van der Waals surface area contributed by atoms with E-state index in [1.807, 2.05) is 13.8 Å². The van der Waals surface area contributed by atoms with Crippen LogP contribution in [0.15, 0.2) is 0 Å². The molecule has 1 heterocycles. The number of aliphatic hydroxyl groups excluding tert-OH is 3. The monoisotopic (exact) mass is 798 g/mol. The fourth-order valence-corrected chi connectivity index (χ4v) is 7.90. The summed E-state index contributed by atoms with van der Waals surface area (Å²) in [5, 5.41) is 44.4. The Morgan fingerprint density at radius 3 is 1.55 bits per heavy atom. The molecule has 0 bridgehead atoms. The normalized spacial score (nSPS) is 21.6. The minimum absolute atomic E-state index is 0.104. The molecule has 0 aromatic rings. The predicted molar refractivity (Wildman–Crippen MR) is 222 cm³/mol. The van der Waals surface area contributed by atoms with E-state index in [-0.39, 0.29) is 37.6 Å². The molecular weight excluding hydrogens is 714 g/mol. The maximum absolute atomic E-state index is 14.5. The van der Waals surface area contributed by atoms with Crippen LogP contribution >= 0.6 is 0 Å². The van der Waals surface area contributed by atoms with E-state index in [1.165, 1.54) is 94.8 Å². The molecule has 1 aliphatic heterocycles. The van der Waals surface area contributed by atoms with Gasteiger partial charge in [0, 0.05) is 19.4 Å². The van der Waals surface area contributed by atoms with Gasteiger partial charge in [0.25, 0.3) is 0 Å². The highest BCUT2D eigenvalue weighted by atomic mass is 16.6. The minimum Gasteiger partial charge on any atom is -0.481 e. The molecule has 7 N–H and O–H groups in total. The number of ether oxygens (including phenoxy) is 1. The van der Waals surface area contributed by atoms with Gasteiger partial charge in [-0.1, -0.05) is 163 Å². The number of nitrogens with zero attached hydrogens (tertiary/aromatic N) is 1. The topological polar surface area (TPSA) is 200 Å². The number of carbonyl (C=O) groups excluding carboxylic acids is 3. The number of nitrogens with one attached hydrogen (secondary N) is 1. The van der Waals surface area contributed by atoms with Crippen molar-refractivity contribution >= 4 is 23.6 Å². The molecule has 56 heavy (non-hydrogen) atoms. The molecular formula is C44H83N3O9. The molecule has 0 saturated carbocycles. The summed E-state index contributed by atoms with van der Waals surface area (Å²) >= 11 is 0. The summed E-state index contributed by atoms with van der Waals surface area (Å²) in [7, 11) is 0. The second kappa shape index (κ2) is 30.9. The number of rotatable bonds is 35. The molecule has 1 saturated heterocycles. The number of amides is 2. The molecule has 328 valence electrons. The third-order valence-corrected chi connectivity index (χ3v) is 11.2. The van der Waals surface area contributed by atoms with Crippen LogP contribution in [0.3, 0.4) is 0 Å².